The highest BCUT2D eigenvalue weighted by atomic mass is 19.4. The highest BCUT2D eigenvalue weighted by molar-refractivity contribution is 6.05. The second kappa shape index (κ2) is 11.7. The van der Waals surface area contributed by atoms with E-state index in [4.69, 9.17) is 0 Å². The molecule has 1 heterocycles. The van der Waals surface area contributed by atoms with Crippen molar-refractivity contribution in [2.24, 2.45) is 0 Å². The van der Waals surface area contributed by atoms with Crippen LogP contribution in [0, 0.1) is 5.82 Å². The average molecular weight is 593 g/mol. The maximum absolute atomic E-state index is 13.6. The van der Waals surface area contributed by atoms with Crippen molar-refractivity contribution in [2.45, 2.75) is 25.7 Å². The highest BCUT2D eigenvalue weighted by Gasteiger charge is 2.38. The summed E-state index contributed by atoms with van der Waals surface area (Å²) in [6.45, 7) is 0.561. The van der Waals surface area contributed by atoms with Crippen LogP contribution >= 0.6 is 0 Å². The number of alkyl halides is 6. The van der Waals surface area contributed by atoms with E-state index in [1.54, 1.807) is 37.3 Å². The second-order valence-corrected chi connectivity index (χ2v) is 9.29. The second-order valence-electron chi connectivity index (χ2n) is 9.29. The molecule has 42 heavy (non-hydrogen) atoms. The number of carbonyl (C=O) groups is 2. The third kappa shape index (κ3) is 6.45. The van der Waals surface area contributed by atoms with Gasteiger partial charge in [-0.3, -0.25) is 19.5 Å². The predicted molar refractivity (Wildman–Crippen MR) is 139 cm³/mol. The molecule has 1 aromatic heterocycles. The third-order valence-corrected chi connectivity index (χ3v) is 6.27. The van der Waals surface area contributed by atoms with E-state index < -0.39 is 64.2 Å². The number of halogens is 7. The minimum Gasteiger partial charge on any atom is -0.331 e. The fourth-order valence-corrected chi connectivity index (χ4v) is 4.32. The van der Waals surface area contributed by atoms with Crippen molar-refractivity contribution in [3.05, 3.63) is 111 Å². The van der Waals surface area contributed by atoms with Crippen LogP contribution in [0.25, 0.3) is 16.9 Å². The lowest BCUT2D eigenvalue weighted by Crippen LogP contribution is -2.38. The molecule has 0 aliphatic rings. The van der Waals surface area contributed by atoms with Crippen molar-refractivity contribution in [2.75, 3.05) is 13.1 Å². The number of benzene rings is 3. The van der Waals surface area contributed by atoms with Crippen LogP contribution in [-0.4, -0.2) is 39.5 Å². The van der Waals surface area contributed by atoms with Crippen molar-refractivity contribution < 1.29 is 40.3 Å². The van der Waals surface area contributed by atoms with E-state index in [1.165, 1.54) is 12.1 Å². The van der Waals surface area contributed by atoms with Gasteiger partial charge in [0.15, 0.2) is 5.78 Å². The van der Waals surface area contributed by atoms with Crippen LogP contribution in [0.2, 0.25) is 0 Å². The maximum Gasteiger partial charge on any atom is 0.416 e. The molecule has 0 atom stereocenters. The zero-order valence-corrected chi connectivity index (χ0v) is 21.8. The van der Waals surface area contributed by atoms with Crippen LogP contribution in [0.15, 0.2) is 77.6 Å². The summed E-state index contributed by atoms with van der Waals surface area (Å²) in [5.74, 6) is -2.74. The first-order valence-electron chi connectivity index (χ1n) is 12.5. The van der Waals surface area contributed by atoms with Gasteiger partial charge in [-0.1, -0.05) is 37.3 Å². The summed E-state index contributed by atoms with van der Waals surface area (Å²) < 4.78 is 94.8. The van der Waals surface area contributed by atoms with Gasteiger partial charge in [0.25, 0.3) is 11.5 Å². The Kier molecular flexibility index (Phi) is 8.41. The summed E-state index contributed by atoms with van der Waals surface area (Å²) in [6.07, 6.45) is -10.2. The number of H-pyrrole nitrogens is 1. The first-order valence-corrected chi connectivity index (χ1v) is 12.5. The fourth-order valence-electron chi connectivity index (χ4n) is 4.32. The number of ketones is 1. The molecule has 0 bridgehead atoms. The van der Waals surface area contributed by atoms with Crippen LogP contribution in [0.1, 0.15) is 45.2 Å². The first-order chi connectivity index (χ1) is 19.7. The van der Waals surface area contributed by atoms with Crippen LogP contribution in [0.4, 0.5) is 30.7 Å². The summed E-state index contributed by atoms with van der Waals surface area (Å²) in [4.78, 5) is 41.1. The Hall–Kier alpha value is -4.68. The molecular weight excluding hydrogens is 571 g/mol. The van der Waals surface area contributed by atoms with E-state index in [2.05, 4.69) is 5.10 Å². The van der Waals surface area contributed by atoms with Gasteiger partial charge in [0.2, 0.25) is 0 Å². The number of aromatic nitrogens is 2. The zero-order chi connectivity index (χ0) is 30.8. The number of amides is 1. The van der Waals surface area contributed by atoms with E-state index in [0.717, 1.165) is 21.7 Å². The molecule has 0 radical (unpaired) electrons. The molecule has 3 aromatic carbocycles. The highest BCUT2D eigenvalue weighted by Crippen LogP contribution is 2.36. The topological polar surface area (TPSA) is 75.2 Å². The number of nitrogens with zero attached hydrogens (tertiary/aromatic N) is 2. The fraction of sp³-hybridized carbons (Fsp3) is 0.207. The van der Waals surface area contributed by atoms with Crippen molar-refractivity contribution in [1.82, 2.24) is 14.7 Å². The smallest absolute Gasteiger partial charge is 0.331 e. The van der Waals surface area contributed by atoms with Gasteiger partial charge in [0.05, 0.1) is 29.1 Å². The summed E-state index contributed by atoms with van der Waals surface area (Å²) >= 11 is 0. The van der Waals surface area contributed by atoms with Gasteiger partial charge in [-0.05, 0) is 48.9 Å². The summed E-state index contributed by atoms with van der Waals surface area (Å²) in [5, 5.41) is 2.80. The number of aromatic amines is 1. The van der Waals surface area contributed by atoms with E-state index in [1.807, 2.05) is 0 Å². The van der Waals surface area contributed by atoms with Gasteiger partial charge < -0.3 is 4.90 Å². The standard InChI is InChI=1S/C29H22F7N3O3/c1-2-12-38(26(41)18-13-19(28(31,32)33)15-20(14-18)29(34,35)36)16-23(40)24-25(17-6-4-3-5-7-17)37-39(27(24)42)22-10-8-21(30)9-11-22/h3-11,13-15,37H,2,12,16H2,1H3. The van der Waals surface area contributed by atoms with Gasteiger partial charge in [0.1, 0.15) is 11.4 Å². The van der Waals surface area contributed by atoms with Crippen molar-refractivity contribution >= 4 is 11.7 Å². The monoisotopic (exact) mass is 593 g/mol. The molecule has 0 aliphatic heterocycles. The van der Waals surface area contributed by atoms with E-state index in [-0.39, 0.29) is 42.5 Å². The molecule has 6 nitrogen and oxygen atoms in total. The Morgan fingerprint density at radius 2 is 1.43 bits per heavy atom. The van der Waals surface area contributed by atoms with E-state index >= 15 is 0 Å². The summed E-state index contributed by atoms with van der Waals surface area (Å²) in [6, 6.07) is 13.4. The molecule has 0 saturated carbocycles. The Balaban J connectivity index is 1.77. The maximum atomic E-state index is 13.6. The van der Waals surface area contributed by atoms with E-state index in [9.17, 15) is 45.1 Å². The van der Waals surface area contributed by atoms with Crippen molar-refractivity contribution in [3.63, 3.8) is 0 Å². The van der Waals surface area contributed by atoms with Crippen LogP contribution in [0.3, 0.4) is 0 Å². The molecule has 220 valence electrons. The molecule has 4 rings (SSSR count). The Morgan fingerprint density at radius 1 is 0.857 bits per heavy atom. The van der Waals surface area contributed by atoms with Gasteiger partial charge in [-0.25, -0.2) is 9.07 Å². The molecule has 0 unspecified atom stereocenters. The third-order valence-electron chi connectivity index (χ3n) is 6.27. The lowest BCUT2D eigenvalue weighted by Gasteiger charge is -2.22. The SMILES string of the molecule is CCCN(CC(=O)c1c(-c2ccccc2)[nH]n(-c2ccc(F)cc2)c1=O)C(=O)c1cc(C(F)(F)F)cc(C(F)(F)F)c1. The molecular formula is C29H22F7N3O3. The Labute approximate surface area is 234 Å². The molecule has 0 fully saturated rings. The Morgan fingerprint density at radius 3 is 1.95 bits per heavy atom. The van der Waals surface area contributed by atoms with Crippen LogP contribution in [-0.2, 0) is 12.4 Å². The molecule has 0 spiro atoms. The minimum atomic E-state index is -5.18. The molecule has 4 aromatic rings. The van der Waals surface area contributed by atoms with Crippen LogP contribution < -0.4 is 5.56 Å². The quantitative estimate of drug-likeness (QED) is 0.182. The average Bonchev–Trinajstić information content (AvgIpc) is 3.29. The minimum absolute atomic E-state index is 0.0530. The number of hydrogen-bond donors (Lipinski definition) is 1. The Bertz CT molecular complexity index is 1620. The first kappa shape index (κ1) is 30.3. The lowest BCUT2D eigenvalue weighted by atomic mass is 10.0. The number of nitrogens with one attached hydrogen (secondary N) is 1. The number of carbonyl (C=O) groups excluding carboxylic acids is 2. The normalized spacial score (nSPS) is 11.9. The molecule has 0 aliphatic carbocycles. The summed E-state index contributed by atoms with van der Waals surface area (Å²) in [7, 11) is 0. The molecule has 1 amide bonds. The lowest BCUT2D eigenvalue weighted by molar-refractivity contribution is -0.143. The van der Waals surface area contributed by atoms with Crippen molar-refractivity contribution in [3.8, 4) is 16.9 Å². The predicted octanol–water partition coefficient (Wildman–Crippen LogP) is 6.74. The molecule has 1 N–H and O–H groups in total. The van der Waals surface area contributed by atoms with Crippen molar-refractivity contribution in [1.29, 1.82) is 0 Å². The number of hydrogen-bond acceptors (Lipinski definition) is 3. The number of rotatable bonds is 8. The van der Waals surface area contributed by atoms with Gasteiger partial charge in [-0.2, -0.15) is 26.3 Å². The van der Waals surface area contributed by atoms with E-state index in [0.29, 0.717) is 5.56 Å². The molecule has 0 saturated heterocycles. The van der Waals surface area contributed by atoms with Crippen LogP contribution in [0.5, 0.6) is 0 Å². The van der Waals surface area contributed by atoms with Gasteiger partial charge in [0, 0.05) is 17.7 Å². The molecule has 13 heteroatoms. The number of Topliss-reactive ketones (excluding diaryl/α,β-unsaturated/α-hetero) is 1. The van der Waals surface area contributed by atoms with Gasteiger partial charge >= 0.3 is 12.4 Å². The largest absolute Gasteiger partial charge is 0.416 e. The zero-order valence-electron chi connectivity index (χ0n) is 21.8. The summed E-state index contributed by atoms with van der Waals surface area (Å²) in [5.41, 5.74) is -4.89. The van der Waals surface area contributed by atoms with Gasteiger partial charge in [-0.15, -0.1) is 0 Å².